The fourth-order valence-corrected chi connectivity index (χ4v) is 6.71. The maximum atomic E-state index is 13.0. The predicted molar refractivity (Wildman–Crippen MR) is 145 cm³/mol. The number of carbonyl (C=O) groups is 3. The quantitative estimate of drug-likeness (QED) is 0.511. The second kappa shape index (κ2) is 9.75. The van der Waals surface area contributed by atoms with Crippen LogP contribution in [0.2, 0.25) is 0 Å². The van der Waals surface area contributed by atoms with E-state index in [1.165, 1.54) is 17.5 Å². The van der Waals surface area contributed by atoms with Gasteiger partial charge in [0.15, 0.2) is 0 Å². The summed E-state index contributed by atoms with van der Waals surface area (Å²) in [6, 6.07) is 18.0. The topological polar surface area (TPSA) is 91.8 Å². The highest BCUT2D eigenvalue weighted by Gasteiger charge is 2.41. The Morgan fingerprint density at radius 1 is 0.923 bits per heavy atom. The first kappa shape index (κ1) is 24.3. The van der Waals surface area contributed by atoms with Gasteiger partial charge in [-0.1, -0.05) is 30.7 Å². The van der Waals surface area contributed by atoms with Crippen LogP contribution in [0.5, 0.6) is 5.75 Å². The molecule has 1 N–H and O–H groups in total. The number of fused-ring (bicyclic) bond motifs is 2. The van der Waals surface area contributed by atoms with Gasteiger partial charge in [-0.25, -0.2) is 0 Å². The van der Waals surface area contributed by atoms with Crippen molar-refractivity contribution in [3.8, 4) is 5.75 Å². The molecule has 8 heteroatoms. The third-order valence-electron chi connectivity index (χ3n) is 8.87. The minimum atomic E-state index is -0.605. The summed E-state index contributed by atoms with van der Waals surface area (Å²) in [5, 5.41) is 3.54. The summed E-state index contributed by atoms with van der Waals surface area (Å²) >= 11 is 0. The number of aromatic nitrogens is 1. The number of hydrogen-bond acceptors (Lipinski definition) is 6. The van der Waals surface area contributed by atoms with E-state index in [-0.39, 0.29) is 30.2 Å². The molecule has 200 valence electrons. The van der Waals surface area contributed by atoms with Crippen LogP contribution in [0.1, 0.15) is 66.1 Å². The highest BCUT2D eigenvalue weighted by Crippen LogP contribution is 2.36. The van der Waals surface area contributed by atoms with Gasteiger partial charge in [-0.05, 0) is 61.6 Å². The number of imide groups is 1. The molecule has 2 saturated heterocycles. The fourth-order valence-electron chi connectivity index (χ4n) is 6.71. The summed E-state index contributed by atoms with van der Waals surface area (Å²) in [5.41, 5.74) is 3.71. The van der Waals surface area contributed by atoms with E-state index in [4.69, 9.17) is 9.72 Å². The molecule has 1 saturated carbocycles. The van der Waals surface area contributed by atoms with Crippen LogP contribution >= 0.6 is 0 Å². The zero-order valence-corrected chi connectivity index (χ0v) is 21.8. The fraction of sp³-hybridized carbons (Fsp3) is 0.419. The van der Waals surface area contributed by atoms with E-state index in [0.717, 1.165) is 49.2 Å². The van der Waals surface area contributed by atoms with Crippen molar-refractivity contribution in [2.24, 2.45) is 0 Å². The highest BCUT2D eigenvalue weighted by atomic mass is 16.5. The standard InChI is InChI=1S/C31H32N4O4/c36-29-14-13-27(30(37)33-29)35-18-20-15-22(10-11-23(20)31(35)38)39-28-8-4-3-7-26(28)34-16-21(17-34)25-12-9-19-5-1-2-6-24(19)32-25/h1-2,5-6,9-12,15,21,26-28H,3-4,7-8,13-14,16-18H2,(H,33,36,37)/t26-,27+,28-/m0/s1. The van der Waals surface area contributed by atoms with E-state index < -0.39 is 6.04 Å². The number of benzene rings is 2. The van der Waals surface area contributed by atoms with Crippen molar-refractivity contribution in [1.29, 1.82) is 0 Å². The summed E-state index contributed by atoms with van der Waals surface area (Å²) in [6.45, 7) is 2.35. The summed E-state index contributed by atoms with van der Waals surface area (Å²) in [6.07, 6.45) is 5.21. The number of carbonyl (C=O) groups excluding carboxylic acids is 3. The molecule has 39 heavy (non-hydrogen) atoms. The number of likely N-dealkylation sites (tertiary alicyclic amines) is 1. The summed E-state index contributed by atoms with van der Waals surface area (Å²) in [7, 11) is 0. The van der Waals surface area contributed by atoms with Gasteiger partial charge in [-0.15, -0.1) is 0 Å². The Kier molecular flexibility index (Phi) is 6.07. The molecule has 0 bridgehead atoms. The molecular formula is C31H32N4O4. The number of ether oxygens (including phenoxy) is 1. The van der Waals surface area contributed by atoms with Crippen molar-refractivity contribution in [3.05, 3.63) is 71.4 Å². The molecule has 3 atom stereocenters. The number of pyridine rings is 1. The molecule has 7 rings (SSSR count). The molecule has 3 aromatic rings. The van der Waals surface area contributed by atoms with Crippen molar-refractivity contribution in [2.75, 3.05) is 13.1 Å². The first-order chi connectivity index (χ1) is 19.0. The van der Waals surface area contributed by atoms with Gasteiger partial charge in [0.25, 0.3) is 5.91 Å². The summed E-state index contributed by atoms with van der Waals surface area (Å²) in [5.74, 6) is 0.398. The van der Waals surface area contributed by atoms with Crippen LogP contribution in [0.4, 0.5) is 0 Å². The Hall–Kier alpha value is -3.78. The molecule has 0 radical (unpaired) electrons. The van der Waals surface area contributed by atoms with Gasteiger partial charge >= 0.3 is 0 Å². The molecule has 1 aliphatic carbocycles. The smallest absolute Gasteiger partial charge is 0.255 e. The molecule has 0 spiro atoms. The van der Waals surface area contributed by atoms with Crippen molar-refractivity contribution >= 4 is 28.6 Å². The van der Waals surface area contributed by atoms with Crippen LogP contribution in [0.15, 0.2) is 54.6 Å². The molecule has 0 unspecified atom stereocenters. The van der Waals surface area contributed by atoms with Gasteiger partial charge in [0, 0.05) is 54.7 Å². The first-order valence-electron chi connectivity index (χ1n) is 14.1. The Morgan fingerprint density at radius 2 is 1.77 bits per heavy atom. The van der Waals surface area contributed by atoms with E-state index >= 15 is 0 Å². The third-order valence-corrected chi connectivity index (χ3v) is 8.87. The average molecular weight is 525 g/mol. The van der Waals surface area contributed by atoms with Crippen LogP contribution in [0.25, 0.3) is 10.9 Å². The van der Waals surface area contributed by atoms with Crippen molar-refractivity contribution in [2.45, 2.75) is 69.2 Å². The van der Waals surface area contributed by atoms with Gasteiger partial charge in [-0.2, -0.15) is 0 Å². The van der Waals surface area contributed by atoms with Gasteiger partial charge in [0.1, 0.15) is 17.9 Å². The monoisotopic (exact) mass is 524 g/mol. The molecule has 8 nitrogen and oxygen atoms in total. The lowest BCUT2D eigenvalue weighted by atomic mass is 9.85. The van der Waals surface area contributed by atoms with Crippen molar-refractivity contribution in [3.63, 3.8) is 0 Å². The number of amides is 3. The molecule has 4 aliphatic rings. The number of piperidine rings is 1. The Labute approximate surface area is 227 Å². The van der Waals surface area contributed by atoms with Gasteiger partial charge in [0.2, 0.25) is 11.8 Å². The molecule has 3 fully saturated rings. The number of para-hydroxylation sites is 1. The summed E-state index contributed by atoms with van der Waals surface area (Å²) < 4.78 is 6.59. The van der Waals surface area contributed by atoms with Crippen LogP contribution in [0.3, 0.4) is 0 Å². The maximum Gasteiger partial charge on any atom is 0.255 e. The van der Waals surface area contributed by atoms with E-state index in [9.17, 15) is 14.4 Å². The van der Waals surface area contributed by atoms with Crippen LogP contribution in [0, 0.1) is 0 Å². The number of rotatable bonds is 5. The lowest BCUT2D eigenvalue weighted by molar-refractivity contribution is -0.136. The van der Waals surface area contributed by atoms with Crippen LogP contribution in [-0.4, -0.2) is 63.8 Å². The van der Waals surface area contributed by atoms with Gasteiger partial charge < -0.3 is 9.64 Å². The van der Waals surface area contributed by atoms with Gasteiger partial charge in [0.05, 0.1) is 5.52 Å². The van der Waals surface area contributed by atoms with E-state index in [2.05, 4.69) is 34.5 Å². The maximum absolute atomic E-state index is 13.0. The number of nitrogens with one attached hydrogen (secondary N) is 1. The molecule has 3 amide bonds. The van der Waals surface area contributed by atoms with E-state index in [0.29, 0.717) is 30.5 Å². The molecule has 1 aromatic heterocycles. The summed E-state index contributed by atoms with van der Waals surface area (Å²) in [4.78, 5) is 46.0. The van der Waals surface area contributed by atoms with Gasteiger partial charge in [-0.3, -0.25) is 29.6 Å². The Balaban J connectivity index is 1.02. The number of nitrogens with zero attached hydrogens (tertiary/aromatic N) is 3. The molecule has 4 heterocycles. The van der Waals surface area contributed by atoms with Crippen molar-refractivity contribution in [1.82, 2.24) is 20.1 Å². The average Bonchev–Trinajstić information content (AvgIpc) is 3.24. The molecule has 2 aromatic carbocycles. The largest absolute Gasteiger partial charge is 0.489 e. The Morgan fingerprint density at radius 3 is 2.64 bits per heavy atom. The van der Waals surface area contributed by atoms with Crippen LogP contribution in [-0.2, 0) is 16.1 Å². The molecule has 3 aliphatic heterocycles. The second-order valence-electron chi connectivity index (χ2n) is 11.3. The normalized spacial score (nSPS) is 25.9. The van der Waals surface area contributed by atoms with Crippen molar-refractivity contribution < 1.29 is 19.1 Å². The van der Waals surface area contributed by atoms with Crippen LogP contribution < -0.4 is 10.1 Å². The number of hydrogen-bond donors (Lipinski definition) is 1. The molecular weight excluding hydrogens is 492 g/mol. The third kappa shape index (κ3) is 4.46. The Bertz CT molecular complexity index is 1470. The highest BCUT2D eigenvalue weighted by molar-refractivity contribution is 6.05. The van der Waals surface area contributed by atoms with E-state index in [1.54, 1.807) is 4.90 Å². The zero-order valence-electron chi connectivity index (χ0n) is 21.8. The van der Waals surface area contributed by atoms with E-state index in [1.807, 2.05) is 30.3 Å². The second-order valence-corrected chi connectivity index (χ2v) is 11.3. The zero-order chi connectivity index (χ0) is 26.5. The predicted octanol–water partition coefficient (Wildman–Crippen LogP) is 3.79. The lowest BCUT2D eigenvalue weighted by Gasteiger charge is -2.48. The minimum absolute atomic E-state index is 0.102. The first-order valence-corrected chi connectivity index (χ1v) is 14.1. The minimum Gasteiger partial charge on any atom is -0.489 e. The SMILES string of the molecule is O=C1CC[C@@H](N2Cc3cc(O[C@H]4CCCC[C@@H]4N4CC(c5ccc6ccccc6n5)C4)ccc3C2=O)C(=O)N1. The lowest BCUT2D eigenvalue weighted by Crippen LogP contribution is -2.57.